The lowest BCUT2D eigenvalue weighted by Gasteiger charge is -2.00. The van der Waals surface area contributed by atoms with Crippen LogP contribution in [0.2, 0.25) is 0 Å². The molecule has 2 aromatic rings. The fraction of sp³-hybridized carbons (Fsp3) is 0.125. The number of thiophene rings is 1. The maximum Gasteiger partial charge on any atom is 0.203 e. The van der Waals surface area contributed by atoms with E-state index in [0.29, 0.717) is 10.5 Å². The molecular weight excluding hydrogens is 222 g/mol. The van der Waals surface area contributed by atoms with E-state index in [1.54, 1.807) is 21.3 Å². The number of aromatic nitrogens is 1. The molecule has 0 unspecified atom stereocenters. The molecule has 13 heavy (non-hydrogen) atoms. The second-order valence-corrected chi connectivity index (χ2v) is 5.06. The number of aromatic hydroxyl groups is 1. The Balaban J connectivity index is 2.33. The van der Waals surface area contributed by atoms with E-state index < -0.39 is 0 Å². The Labute approximate surface area is 88.7 Å². The van der Waals surface area contributed by atoms with Gasteiger partial charge in [0.15, 0.2) is 3.95 Å². The first-order valence-corrected chi connectivity index (χ1v) is 5.84. The number of nitrogens with zero attached hydrogens (tertiary/aromatic N) is 1. The molecule has 0 fully saturated rings. The van der Waals surface area contributed by atoms with Gasteiger partial charge in [0, 0.05) is 4.88 Å². The van der Waals surface area contributed by atoms with Crippen molar-refractivity contribution in [1.29, 1.82) is 0 Å². The van der Waals surface area contributed by atoms with Crippen molar-refractivity contribution in [1.82, 2.24) is 4.57 Å². The molecule has 0 atom stereocenters. The van der Waals surface area contributed by atoms with Crippen LogP contribution >= 0.6 is 34.9 Å². The Kier molecular flexibility index (Phi) is 2.48. The molecule has 2 nitrogen and oxygen atoms in total. The van der Waals surface area contributed by atoms with E-state index in [-0.39, 0.29) is 5.88 Å². The van der Waals surface area contributed by atoms with Gasteiger partial charge in [0.05, 0.1) is 11.9 Å². The van der Waals surface area contributed by atoms with E-state index in [1.165, 1.54) is 16.2 Å². The Hall–Kier alpha value is -0.650. The van der Waals surface area contributed by atoms with Gasteiger partial charge in [0.2, 0.25) is 5.88 Å². The Morgan fingerprint density at radius 3 is 2.85 bits per heavy atom. The summed E-state index contributed by atoms with van der Waals surface area (Å²) in [6, 6.07) is 4.02. The quantitative estimate of drug-likeness (QED) is 0.801. The maximum atomic E-state index is 9.44. The van der Waals surface area contributed by atoms with Gasteiger partial charge in [0.1, 0.15) is 0 Å². The maximum absolute atomic E-state index is 9.44. The number of hydrogen-bond donors (Lipinski definition) is 1. The van der Waals surface area contributed by atoms with Gasteiger partial charge in [0.25, 0.3) is 0 Å². The minimum Gasteiger partial charge on any atom is -0.494 e. The molecule has 1 N–H and O–H groups in total. The summed E-state index contributed by atoms with van der Waals surface area (Å²) in [6.45, 7) is 0.672. The normalized spacial score (nSPS) is 10.5. The highest BCUT2D eigenvalue weighted by Crippen LogP contribution is 2.20. The van der Waals surface area contributed by atoms with E-state index in [9.17, 15) is 5.11 Å². The van der Waals surface area contributed by atoms with Crippen molar-refractivity contribution >= 4 is 34.9 Å². The molecule has 0 aromatic carbocycles. The molecule has 0 saturated carbocycles. The lowest BCUT2D eigenvalue weighted by Crippen LogP contribution is -1.95. The summed E-state index contributed by atoms with van der Waals surface area (Å²) < 4.78 is 2.44. The standard InChI is InChI=1S/C8H7NOS3/c10-7-5-13-8(11)9(7)4-6-2-1-3-12-6/h1-3,5,10H,4H2. The SMILES string of the molecule is Oc1csc(=S)n1Cc1cccs1. The van der Waals surface area contributed by atoms with Crippen LogP contribution in [0.1, 0.15) is 4.88 Å². The molecule has 2 heterocycles. The Morgan fingerprint density at radius 2 is 2.31 bits per heavy atom. The van der Waals surface area contributed by atoms with Crippen LogP contribution in [0, 0.1) is 3.95 Å². The van der Waals surface area contributed by atoms with Crippen LogP contribution in [0.3, 0.4) is 0 Å². The predicted molar refractivity (Wildman–Crippen MR) is 58.2 cm³/mol. The fourth-order valence-corrected chi connectivity index (χ4v) is 2.64. The fourth-order valence-electron chi connectivity index (χ4n) is 1.03. The van der Waals surface area contributed by atoms with Crippen LogP contribution in [0.4, 0.5) is 0 Å². The molecule has 2 aromatic heterocycles. The molecule has 0 radical (unpaired) electrons. The van der Waals surface area contributed by atoms with Gasteiger partial charge in [-0.05, 0) is 23.7 Å². The second-order valence-electron chi connectivity index (χ2n) is 2.53. The van der Waals surface area contributed by atoms with Crippen LogP contribution in [0.25, 0.3) is 0 Å². The highest BCUT2D eigenvalue weighted by molar-refractivity contribution is 7.73. The number of rotatable bonds is 2. The third-order valence-corrected chi connectivity index (χ3v) is 3.78. The molecule has 5 heteroatoms. The van der Waals surface area contributed by atoms with E-state index in [1.807, 2.05) is 17.5 Å². The minimum absolute atomic E-state index is 0.253. The highest BCUT2D eigenvalue weighted by Gasteiger charge is 2.03. The molecule has 2 rings (SSSR count). The van der Waals surface area contributed by atoms with Crippen molar-refractivity contribution < 1.29 is 5.11 Å². The summed E-state index contributed by atoms with van der Waals surface area (Å²) in [5.74, 6) is 0.253. The zero-order chi connectivity index (χ0) is 9.26. The molecular formula is C8H7NOS3. The van der Waals surface area contributed by atoms with E-state index in [2.05, 4.69) is 0 Å². The van der Waals surface area contributed by atoms with Crippen molar-refractivity contribution in [2.24, 2.45) is 0 Å². The Morgan fingerprint density at radius 1 is 1.46 bits per heavy atom. The predicted octanol–water partition coefficient (Wildman–Crippen LogP) is 3.09. The van der Waals surface area contributed by atoms with Crippen molar-refractivity contribution in [3.63, 3.8) is 0 Å². The van der Waals surface area contributed by atoms with Crippen LogP contribution < -0.4 is 0 Å². The molecule has 68 valence electrons. The highest BCUT2D eigenvalue weighted by atomic mass is 32.1. The van der Waals surface area contributed by atoms with Gasteiger partial charge in [-0.3, -0.25) is 4.57 Å². The van der Waals surface area contributed by atoms with Gasteiger partial charge < -0.3 is 5.11 Å². The van der Waals surface area contributed by atoms with Crippen LogP contribution in [0.5, 0.6) is 5.88 Å². The first-order valence-electron chi connectivity index (χ1n) is 3.67. The van der Waals surface area contributed by atoms with E-state index in [4.69, 9.17) is 12.2 Å². The van der Waals surface area contributed by atoms with Crippen molar-refractivity contribution in [3.8, 4) is 5.88 Å². The summed E-state index contributed by atoms with van der Waals surface area (Å²) in [7, 11) is 0. The van der Waals surface area contributed by atoms with Gasteiger partial charge in [-0.2, -0.15) is 0 Å². The second kappa shape index (κ2) is 3.61. The van der Waals surface area contributed by atoms with Crippen molar-refractivity contribution in [2.75, 3.05) is 0 Å². The lowest BCUT2D eigenvalue weighted by atomic mass is 10.4. The third kappa shape index (κ3) is 1.82. The summed E-state index contributed by atoms with van der Waals surface area (Å²) >= 11 is 8.12. The summed E-state index contributed by atoms with van der Waals surface area (Å²) in [6.07, 6.45) is 0. The topological polar surface area (TPSA) is 25.2 Å². The zero-order valence-electron chi connectivity index (χ0n) is 6.64. The summed E-state index contributed by atoms with van der Waals surface area (Å²) in [5.41, 5.74) is 0. The van der Waals surface area contributed by atoms with Gasteiger partial charge >= 0.3 is 0 Å². The van der Waals surface area contributed by atoms with Crippen LogP contribution in [-0.4, -0.2) is 9.67 Å². The molecule has 0 aliphatic carbocycles. The lowest BCUT2D eigenvalue weighted by molar-refractivity contribution is 0.424. The smallest absolute Gasteiger partial charge is 0.203 e. The van der Waals surface area contributed by atoms with Gasteiger partial charge in [-0.1, -0.05) is 6.07 Å². The van der Waals surface area contributed by atoms with Crippen molar-refractivity contribution in [2.45, 2.75) is 6.54 Å². The van der Waals surface area contributed by atoms with Crippen molar-refractivity contribution in [3.05, 3.63) is 31.7 Å². The largest absolute Gasteiger partial charge is 0.494 e. The average Bonchev–Trinajstić information content (AvgIpc) is 2.70. The third-order valence-electron chi connectivity index (χ3n) is 1.66. The Bertz CT molecular complexity index is 440. The number of hydrogen-bond acceptors (Lipinski definition) is 4. The minimum atomic E-state index is 0.253. The van der Waals surface area contributed by atoms with Gasteiger partial charge in [-0.15, -0.1) is 22.7 Å². The van der Waals surface area contributed by atoms with Crippen LogP contribution in [0.15, 0.2) is 22.9 Å². The molecule has 0 spiro atoms. The average molecular weight is 229 g/mol. The first-order chi connectivity index (χ1) is 6.27. The first kappa shape index (κ1) is 8.93. The van der Waals surface area contributed by atoms with Gasteiger partial charge in [-0.25, -0.2) is 0 Å². The zero-order valence-corrected chi connectivity index (χ0v) is 9.09. The van der Waals surface area contributed by atoms with E-state index in [0.717, 1.165) is 0 Å². The summed E-state index contributed by atoms with van der Waals surface area (Å²) in [5, 5.41) is 13.1. The van der Waals surface area contributed by atoms with E-state index >= 15 is 0 Å². The monoisotopic (exact) mass is 229 g/mol. The molecule has 0 saturated heterocycles. The molecule has 0 aliphatic heterocycles. The van der Waals surface area contributed by atoms with Crippen LogP contribution in [-0.2, 0) is 6.54 Å². The molecule has 0 aliphatic rings. The molecule has 0 amide bonds. The number of thiazole rings is 1. The summed E-state index contributed by atoms with van der Waals surface area (Å²) in [4.78, 5) is 1.20. The molecule has 0 bridgehead atoms.